The van der Waals surface area contributed by atoms with E-state index in [0.717, 1.165) is 24.0 Å². The van der Waals surface area contributed by atoms with Gasteiger partial charge in [0.2, 0.25) is 0 Å². The van der Waals surface area contributed by atoms with Crippen LogP contribution in [0.5, 0.6) is 0 Å². The van der Waals surface area contributed by atoms with Gasteiger partial charge >= 0.3 is 0 Å². The maximum absolute atomic E-state index is 13.7. The van der Waals surface area contributed by atoms with Gasteiger partial charge in [-0.1, -0.05) is 25.1 Å². The molecule has 0 aliphatic carbocycles. The van der Waals surface area contributed by atoms with Crippen LogP contribution in [0, 0.1) is 5.82 Å². The second-order valence-electron chi connectivity index (χ2n) is 6.98. The van der Waals surface area contributed by atoms with Crippen molar-refractivity contribution in [2.45, 2.75) is 25.3 Å². The highest BCUT2D eigenvalue weighted by molar-refractivity contribution is 6.07. The molecule has 1 amide bonds. The molecule has 3 aromatic rings. The molecular weight excluding hydrogens is 357 g/mol. The lowest BCUT2D eigenvalue weighted by atomic mass is 9.94. The van der Waals surface area contributed by atoms with Crippen LogP contribution in [-0.2, 0) is 6.42 Å². The number of aryl methyl sites for hydroxylation is 1. The summed E-state index contributed by atoms with van der Waals surface area (Å²) >= 11 is 0. The van der Waals surface area contributed by atoms with Crippen molar-refractivity contribution in [2.24, 2.45) is 5.73 Å². The number of nitrogens with one attached hydrogen (secondary N) is 2. The highest BCUT2D eigenvalue weighted by Crippen LogP contribution is 2.29. The molecular formula is C21H22FN5O. The molecule has 4 rings (SSSR count). The van der Waals surface area contributed by atoms with E-state index in [2.05, 4.69) is 20.6 Å². The number of fused-ring (bicyclic) bond motifs is 1. The van der Waals surface area contributed by atoms with Gasteiger partial charge in [-0.3, -0.25) is 4.79 Å². The molecule has 0 spiro atoms. The zero-order chi connectivity index (χ0) is 19.7. The number of nitrogens with zero attached hydrogens (tertiary/aromatic N) is 2. The number of hydrogen-bond donors (Lipinski definition) is 3. The Balaban J connectivity index is 1.74. The van der Waals surface area contributed by atoms with E-state index in [1.165, 1.54) is 6.07 Å². The Kier molecular flexibility index (Phi) is 4.92. The summed E-state index contributed by atoms with van der Waals surface area (Å²) in [5.74, 6) is 0.648. The number of halogens is 1. The van der Waals surface area contributed by atoms with Gasteiger partial charge in [0.25, 0.3) is 5.91 Å². The number of aromatic nitrogens is 2. The van der Waals surface area contributed by atoms with Gasteiger partial charge in [0.15, 0.2) is 0 Å². The quantitative estimate of drug-likeness (QED) is 0.634. The minimum Gasteiger partial charge on any atom is -0.366 e. The average molecular weight is 379 g/mol. The van der Waals surface area contributed by atoms with Crippen LogP contribution in [0.1, 0.15) is 34.6 Å². The fraction of sp³-hybridized carbons (Fsp3) is 0.286. The van der Waals surface area contributed by atoms with E-state index >= 15 is 0 Å². The molecule has 0 saturated carbocycles. The molecule has 4 N–H and O–H groups in total. The fourth-order valence-electron chi connectivity index (χ4n) is 3.76. The lowest BCUT2D eigenvalue weighted by Crippen LogP contribution is -2.28. The van der Waals surface area contributed by atoms with Gasteiger partial charge in [0, 0.05) is 36.9 Å². The van der Waals surface area contributed by atoms with E-state index in [1.54, 1.807) is 24.3 Å². The van der Waals surface area contributed by atoms with Gasteiger partial charge in [-0.25, -0.2) is 14.4 Å². The lowest BCUT2D eigenvalue weighted by molar-refractivity contribution is 0.100. The lowest BCUT2D eigenvalue weighted by Gasteiger charge is -2.22. The van der Waals surface area contributed by atoms with Crippen LogP contribution in [0.2, 0.25) is 0 Å². The van der Waals surface area contributed by atoms with Gasteiger partial charge in [0.05, 0.1) is 11.1 Å². The molecule has 1 saturated heterocycles. The predicted octanol–water partition coefficient (Wildman–Crippen LogP) is 2.60. The summed E-state index contributed by atoms with van der Waals surface area (Å²) in [5.41, 5.74) is 7.40. The molecule has 0 bridgehead atoms. The Labute approximate surface area is 162 Å². The summed E-state index contributed by atoms with van der Waals surface area (Å²) in [6.45, 7) is 3.44. The topological polar surface area (TPSA) is 92.9 Å². The second-order valence-corrected chi connectivity index (χ2v) is 6.98. The molecule has 2 aromatic carbocycles. The molecule has 0 radical (unpaired) electrons. The zero-order valence-corrected chi connectivity index (χ0v) is 15.6. The highest BCUT2D eigenvalue weighted by atomic mass is 19.1. The molecule has 2 heterocycles. The van der Waals surface area contributed by atoms with Crippen molar-refractivity contribution >= 4 is 22.6 Å². The van der Waals surface area contributed by atoms with Crippen LogP contribution in [0.15, 0.2) is 42.5 Å². The third-order valence-electron chi connectivity index (χ3n) is 5.17. The Bertz CT molecular complexity index is 1040. The molecule has 2 atom stereocenters. The second kappa shape index (κ2) is 7.52. The first kappa shape index (κ1) is 18.3. The van der Waals surface area contributed by atoms with E-state index in [4.69, 9.17) is 5.73 Å². The van der Waals surface area contributed by atoms with E-state index in [0.29, 0.717) is 29.1 Å². The molecule has 1 aromatic heterocycles. The number of hydrogen-bond acceptors (Lipinski definition) is 5. The first-order valence-corrected chi connectivity index (χ1v) is 9.39. The van der Waals surface area contributed by atoms with Crippen molar-refractivity contribution in [3.8, 4) is 0 Å². The standard InChI is InChI=1S/C21H22FN5O/c1-2-18-26-19-14(20(23)28)7-4-8-15(19)21(27-18)25-17-11-24-10-16(17)12-5-3-6-13(22)9-12/h3-9,16-17,24H,2,10-11H2,1H3,(H2,23,28)(H,25,26,27)/t16-,17+/m0/s1. The molecule has 0 unspecified atom stereocenters. The molecule has 1 aliphatic heterocycles. The summed E-state index contributed by atoms with van der Waals surface area (Å²) in [4.78, 5) is 21.0. The maximum Gasteiger partial charge on any atom is 0.250 e. The van der Waals surface area contributed by atoms with E-state index < -0.39 is 5.91 Å². The Hall–Kier alpha value is -3.06. The van der Waals surface area contributed by atoms with Crippen molar-refractivity contribution in [1.82, 2.24) is 15.3 Å². The monoisotopic (exact) mass is 379 g/mol. The zero-order valence-electron chi connectivity index (χ0n) is 15.6. The summed E-state index contributed by atoms with van der Waals surface area (Å²) < 4.78 is 13.7. The maximum atomic E-state index is 13.7. The first-order chi connectivity index (χ1) is 13.6. The van der Waals surface area contributed by atoms with Crippen LogP contribution < -0.4 is 16.4 Å². The number of primary amides is 1. The number of para-hydroxylation sites is 1. The van der Waals surface area contributed by atoms with Crippen LogP contribution in [-0.4, -0.2) is 35.0 Å². The fourth-order valence-corrected chi connectivity index (χ4v) is 3.76. The summed E-state index contributed by atoms with van der Waals surface area (Å²) in [5, 5.41) is 7.62. The number of anilines is 1. The minimum atomic E-state index is -0.516. The minimum absolute atomic E-state index is 0.0295. The number of amides is 1. The van der Waals surface area contributed by atoms with Crippen LogP contribution in [0.25, 0.3) is 10.9 Å². The van der Waals surface area contributed by atoms with Gasteiger partial charge in [0.1, 0.15) is 17.5 Å². The third-order valence-corrected chi connectivity index (χ3v) is 5.17. The SMILES string of the molecule is CCc1nc(N[C@@H]2CNC[C@H]2c2cccc(F)c2)c2cccc(C(N)=O)c2n1. The highest BCUT2D eigenvalue weighted by Gasteiger charge is 2.29. The summed E-state index contributed by atoms with van der Waals surface area (Å²) in [6.07, 6.45) is 0.633. The van der Waals surface area contributed by atoms with Crippen molar-refractivity contribution in [1.29, 1.82) is 0 Å². The number of rotatable bonds is 5. The van der Waals surface area contributed by atoms with Crippen LogP contribution >= 0.6 is 0 Å². The Morgan fingerprint density at radius 1 is 1.25 bits per heavy atom. The van der Waals surface area contributed by atoms with Crippen molar-refractivity contribution < 1.29 is 9.18 Å². The molecule has 144 valence electrons. The van der Waals surface area contributed by atoms with Gasteiger partial charge < -0.3 is 16.4 Å². The predicted molar refractivity (Wildman–Crippen MR) is 107 cm³/mol. The van der Waals surface area contributed by atoms with E-state index in [9.17, 15) is 9.18 Å². The van der Waals surface area contributed by atoms with Gasteiger partial charge in [-0.15, -0.1) is 0 Å². The van der Waals surface area contributed by atoms with Crippen LogP contribution in [0.3, 0.4) is 0 Å². The van der Waals surface area contributed by atoms with Crippen molar-refractivity contribution in [2.75, 3.05) is 18.4 Å². The van der Waals surface area contributed by atoms with Gasteiger partial charge in [-0.05, 0) is 29.8 Å². The molecule has 7 heteroatoms. The average Bonchev–Trinajstić information content (AvgIpc) is 3.15. The molecule has 1 fully saturated rings. The molecule has 1 aliphatic rings. The smallest absolute Gasteiger partial charge is 0.250 e. The number of benzene rings is 2. The third kappa shape index (κ3) is 3.41. The largest absolute Gasteiger partial charge is 0.366 e. The Morgan fingerprint density at radius 3 is 2.82 bits per heavy atom. The first-order valence-electron chi connectivity index (χ1n) is 9.39. The summed E-state index contributed by atoms with van der Waals surface area (Å²) in [7, 11) is 0. The molecule has 28 heavy (non-hydrogen) atoms. The van der Waals surface area contributed by atoms with Gasteiger partial charge in [-0.2, -0.15) is 0 Å². The number of carbonyl (C=O) groups is 1. The number of carbonyl (C=O) groups excluding carboxylic acids is 1. The van der Waals surface area contributed by atoms with Crippen molar-refractivity contribution in [3.63, 3.8) is 0 Å². The normalized spacial score (nSPS) is 19.1. The Morgan fingerprint density at radius 2 is 2.07 bits per heavy atom. The van der Waals surface area contributed by atoms with Crippen LogP contribution in [0.4, 0.5) is 10.2 Å². The van der Waals surface area contributed by atoms with E-state index in [1.807, 2.05) is 19.1 Å². The van der Waals surface area contributed by atoms with E-state index in [-0.39, 0.29) is 17.8 Å². The summed E-state index contributed by atoms with van der Waals surface area (Å²) in [6, 6.07) is 12.1. The number of nitrogens with two attached hydrogens (primary N) is 1. The molecule has 6 nitrogen and oxygen atoms in total. The van der Waals surface area contributed by atoms with Crippen molar-refractivity contribution in [3.05, 3.63) is 65.2 Å².